The maximum atomic E-state index is 14.9. The maximum Gasteiger partial charge on any atom is 0.286 e. The van der Waals surface area contributed by atoms with Crippen LogP contribution in [0.3, 0.4) is 0 Å². The van der Waals surface area contributed by atoms with E-state index in [-0.39, 0.29) is 12.1 Å². The van der Waals surface area contributed by atoms with E-state index in [1.54, 1.807) is 12.1 Å². The number of halogens is 2. The number of fused-ring (bicyclic) bond motifs is 1. The molecule has 0 atom stereocenters. The summed E-state index contributed by atoms with van der Waals surface area (Å²) in [6.45, 7) is 7.85. The van der Waals surface area contributed by atoms with Crippen LogP contribution in [0.5, 0.6) is 5.75 Å². The monoisotopic (exact) mass is 398 g/mol. The lowest BCUT2D eigenvalue weighted by Gasteiger charge is -2.34. The summed E-state index contributed by atoms with van der Waals surface area (Å²) >= 11 is 0. The molecular formula is C24H28F2N2O. The van der Waals surface area contributed by atoms with Crippen LogP contribution in [-0.2, 0) is 25.6 Å². The summed E-state index contributed by atoms with van der Waals surface area (Å²) in [6, 6.07) is 13.2. The maximum absolute atomic E-state index is 14.9. The van der Waals surface area contributed by atoms with Gasteiger partial charge in [0.25, 0.3) is 5.92 Å². The van der Waals surface area contributed by atoms with Crippen molar-refractivity contribution >= 4 is 0 Å². The van der Waals surface area contributed by atoms with Gasteiger partial charge in [0.2, 0.25) is 0 Å². The molecular weight excluding hydrogens is 370 g/mol. The van der Waals surface area contributed by atoms with Gasteiger partial charge in [-0.3, -0.25) is 4.90 Å². The number of hydrogen-bond acceptors (Lipinski definition) is 3. The number of rotatable bonds is 8. The minimum Gasteiger partial charge on any atom is -0.493 e. The van der Waals surface area contributed by atoms with Crippen molar-refractivity contribution in [3.63, 3.8) is 0 Å². The molecule has 3 nitrogen and oxygen atoms in total. The fourth-order valence-corrected chi connectivity index (χ4v) is 3.67. The summed E-state index contributed by atoms with van der Waals surface area (Å²) < 4.78 is 35.4. The van der Waals surface area contributed by atoms with Crippen molar-refractivity contribution in [3.8, 4) is 5.75 Å². The van der Waals surface area contributed by atoms with E-state index in [9.17, 15) is 8.78 Å². The first-order valence-electron chi connectivity index (χ1n) is 10.2. The molecule has 2 aliphatic rings. The lowest BCUT2D eigenvalue weighted by molar-refractivity contribution is -0.0547. The zero-order valence-electron chi connectivity index (χ0n) is 16.9. The lowest BCUT2D eigenvalue weighted by Crippen LogP contribution is -2.40. The van der Waals surface area contributed by atoms with Crippen LogP contribution in [0.2, 0.25) is 0 Å². The van der Waals surface area contributed by atoms with Crippen molar-refractivity contribution in [2.24, 2.45) is 5.92 Å². The first-order chi connectivity index (χ1) is 13.9. The van der Waals surface area contributed by atoms with E-state index >= 15 is 0 Å². The van der Waals surface area contributed by atoms with Crippen LogP contribution in [-0.4, -0.2) is 18.1 Å². The normalized spacial score (nSPS) is 18.2. The Hall–Kier alpha value is -2.40. The highest BCUT2D eigenvalue weighted by Gasteiger charge is 2.40. The Morgan fingerprint density at radius 1 is 1.17 bits per heavy atom. The van der Waals surface area contributed by atoms with E-state index < -0.39 is 5.92 Å². The Bertz CT molecular complexity index is 875. The van der Waals surface area contributed by atoms with Gasteiger partial charge in [0.1, 0.15) is 5.75 Å². The smallest absolute Gasteiger partial charge is 0.286 e. The van der Waals surface area contributed by atoms with E-state index in [2.05, 4.69) is 11.9 Å². The highest BCUT2D eigenvalue weighted by molar-refractivity contribution is 5.40. The predicted molar refractivity (Wildman–Crippen MR) is 111 cm³/mol. The Morgan fingerprint density at radius 3 is 2.59 bits per heavy atom. The first-order valence-corrected chi connectivity index (χ1v) is 10.2. The molecule has 0 aromatic heterocycles. The van der Waals surface area contributed by atoms with Gasteiger partial charge in [-0.25, -0.2) is 0 Å². The van der Waals surface area contributed by atoms with Crippen molar-refractivity contribution in [1.29, 1.82) is 0 Å². The summed E-state index contributed by atoms with van der Waals surface area (Å²) in [4.78, 5) is 1.81. The Balaban J connectivity index is 1.41. The van der Waals surface area contributed by atoms with Gasteiger partial charge in [0, 0.05) is 30.9 Å². The van der Waals surface area contributed by atoms with Crippen molar-refractivity contribution in [2.45, 2.75) is 45.3 Å². The first kappa shape index (κ1) is 19.9. The molecule has 1 fully saturated rings. The fourth-order valence-electron chi connectivity index (χ4n) is 3.67. The zero-order valence-corrected chi connectivity index (χ0v) is 16.9. The molecule has 5 heteroatoms. The largest absolute Gasteiger partial charge is 0.493 e. The predicted octanol–water partition coefficient (Wildman–Crippen LogP) is 5.21. The Kier molecular flexibility index (Phi) is 5.59. The van der Waals surface area contributed by atoms with Crippen molar-refractivity contribution in [2.75, 3.05) is 13.2 Å². The molecule has 1 N–H and O–H groups in total. The summed E-state index contributed by atoms with van der Waals surface area (Å²) in [7, 11) is 0. The Labute approximate surface area is 171 Å². The molecule has 1 aliphatic heterocycles. The van der Waals surface area contributed by atoms with Crippen molar-refractivity contribution in [1.82, 2.24) is 10.2 Å². The van der Waals surface area contributed by atoms with Gasteiger partial charge in [0.05, 0.1) is 13.2 Å². The van der Waals surface area contributed by atoms with E-state index in [1.807, 2.05) is 42.2 Å². The van der Waals surface area contributed by atoms with Crippen LogP contribution in [0, 0.1) is 5.92 Å². The molecule has 2 aromatic carbocycles. The molecule has 154 valence electrons. The number of alkyl halides is 2. The summed E-state index contributed by atoms with van der Waals surface area (Å²) in [5.41, 5.74) is 3.90. The number of allylic oxidation sites excluding steroid dienone is 1. The second kappa shape index (κ2) is 8.15. The van der Waals surface area contributed by atoms with E-state index in [4.69, 9.17) is 4.74 Å². The standard InChI is InChI=1S/C24H28F2N2O/c1-17(2)27-12-18-3-5-19(6-4-18)13-28-14-21-9-10-22(29-15-20-7-8-20)11-23(21)24(25,26)16-28/h3-6,9-11,20,27H,1,7-8,12-16H2,2H3. The summed E-state index contributed by atoms with van der Waals surface area (Å²) in [5.74, 6) is -1.72. The Morgan fingerprint density at radius 2 is 1.90 bits per heavy atom. The molecule has 1 saturated carbocycles. The molecule has 4 rings (SSSR count). The number of hydrogen-bond donors (Lipinski definition) is 1. The molecule has 0 spiro atoms. The van der Waals surface area contributed by atoms with Gasteiger partial charge in [-0.15, -0.1) is 0 Å². The van der Waals surface area contributed by atoms with Crippen molar-refractivity contribution < 1.29 is 13.5 Å². The number of ether oxygens (including phenoxy) is 1. The van der Waals surface area contributed by atoms with E-state index in [0.717, 1.165) is 23.4 Å². The highest BCUT2D eigenvalue weighted by Crippen LogP contribution is 2.39. The van der Waals surface area contributed by atoms with E-state index in [1.165, 1.54) is 12.8 Å². The summed E-state index contributed by atoms with van der Waals surface area (Å²) in [6.07, 6.45) is 2.36. The topological polar surface area (TPSA) is 24.5 Å². The van der Waals surface area contributed by atoms with Crippen LogP contribution >= 0.6 is 0 Å². The lowest BCUT2D eigenvalue weighted by atomic mass is 9.95. The third-order valence-corrected chi connectivity index (χ3v) is 5.50. The van der Waals surface area contributed by atoms with Gasteiger partial charge < -0.3 is 10.1 Å². The molecule has 1 heterocycles. The molecule has 29 heavy (non-hydrogen) atoms. The second-order valence-electron chi connectivity index (χ2n) is 8.37. The van der Waals surface area contributed by atoms with Gasteiger partial charge in [0.15, 0.2) is 0 Å². The quantitative estimate of drug-likeness (QED) is 0.661. The third kappa shape index (κ3) is 5.15. The summed E-state index contributed by atoms with van der Waals surface area (Å²) in [5, 5.41) is 3.19. The van der Waals surface area contributed by atoms with E-state index in [0.29, 0.717) is 36.9 Å². The average molecular weight is 398 g/mol. The molecule has 0 radical (unpaired) electrons. The minimum atomic E-state index is -2.88. The highest BCUT2D eigenvalue weighted by atomic mass is 19.3. The molecule has 0 amide bonds. The average Bonchev–Trinajstić information content (AvgIpc) is 3.50. The molecule has 2 aromatic rings. The third-order valence-electron chi connectivity index (χ3n) is 5.50. The van der Waals surface area contributed by atoms with Crippen LogP contribution in [0.25, 0.3) is 0 Å². The molecule has 0 saturated heterocycles. The molecule has 1 aliphatic carbocycles. The van der Waals surface area contributed by atoms with Gasteiger partial charge in [-0.05, 0) is 54.5 Å². The van der Waals surface area contributed by atoms with Crippen molar-refractivity contribution in [3.05, 3.63) is 77.0 Å². The number of nitrogens with one attached hydrogen (secondary N) is 1. The second-order valence-corrected chi connectivity index (χ2v) is 8.37. The molecule has 0 bridgehead atoms. The van der Waals surface area contributed by atoms with Crippen LogP contribution in [0.1, 0.15) is 42.0 Å². The molecule has 0 unspecified atom stereocenters. The van der Waals surface area contributed by atoms with Gasteiger partial charge in [-0.2, -0.15) is 8.78 Å². The fraction of sp³-hybridized carbons (Fsp3) is 0.417. The van der Waals surface area contributed by atoms with Crippen LogP contribution < -0.4 is 10.1 Å². The zero-order chi connectivity index (χ0) is 20.4. The van der Waals surface area contributed by atoms with Crippen LogP contribution in [0.4, 0.5) is 8.78 Å². The van der Waals surface area contributed by atoms with Gasteiger partial charge in [-0.1, -0.05) is 36.9 Å². The number of benzene rings is 2. The number of nitrogens with zero attached hydrogens (tertiary/aromatic N) is 1. The SMILES string of the molecule is C=C(C)NCc1ccc(CN2Cc3ccc(OCC4CC4)cc3C(F)(F)C2)cc1. The minimum absolute atomic E-state index is 0.114. The van der Waals surface area contributed by atoms with Crippen LogP contribution in [0.15, 0.2) is 54.7 Å². The van der Waals surface area contributed by atoms with Gasteiger partial charge >= 0.3 is 0 Å².